The minimum absolute atomic E-state index is 0.000139. The van der Waals surface area contributed by atoms with E-state index in [1.54, 1.807) is 0 Å². The predicted octanol–water partition coefficient (Wildman–Crippen LogP) is 1.38. The largest absolute Gasteiger partial charge is 0.506 e. The zero-order valence-corrected chi connectivity index (χ0v) is 8.86. The summed E-state index contributed by atoms with van der Waals surface area (Å²) in [5.41, 5.74) is 0. The molecule has 0 aromatic heterocycles. The molecule has 0 saturated carbocycles. The summed E-state index contributed by atoms with van der Waals surface area (Å²) in [7, 11) is 0. The molecule has 5 heteroatoms. The first-order chi connectivity index (χ1) is 7.15. The number of unbranched alkanes of at least 4 members (excludes halogenated alkanes) is 2. The highest BCUT2D eigenvalue weighted by atomic mass is 16.7. The maximum absolute atomic E-state index is 11.3. The van der Waals surface area contributed by atoms with Crippen molar-refractivity contribution in [3.63, 3.8) is 0 Å². The number of hydrogen-bond donors (Lipinski definition) is 2. The van der Waals surface area contributed by atoms with Gasteiger partial charge in [-0.05, 0) is 6.42 Å². The van der Waals surface area contributed by atoms with Gasteiger partial charge in [-0.3, -0.25) is 4.79 Å². The molecule has 1 aliphatic rings. The lowest BCUT2D eigenvalue weighted by Crippen LogP contribution is -2.30. The summed E-state index contributed by atoms with van der Waals surface area (Å²) in [4.78, 5) is 21.6. The van der Waals surface area contributed by atoms with E-state index in [0.29, 0.717) is 6.54 Å². The maximum atomic E-state index is 11.3. The van der Waals surface area contributed by atoms with Gasteiger partial charge in [-0.1, -0.05) is 26.2 Å². The van der Waals surface area contributed by atoms with Crippen molar-refractivity contribution in [3.05, 3.63) is 0 Å². The topological polar surface area (TPSA) is 75.6 Å². The molecule has 1 saturated heterocycles. The van der Waals surface area contributed by atoms with Crippen molar-refractivity contribution in [1.82, 2.24) is 5.32 Å². The quantitative estimate of drug-likeness (QED) is 0.536. The maximum Gasteiger partial charge on any atom is 0.506 e. The fourth-order valence-electron chi connectivity index (χ4n) is 1.82. The Morgan fingerprint density at radius 1 is 1.60 bits per heavy atom. The summed E-state index contributed by atoms with van der Waals surface area (Å²) >= 11 is 0. The normalized spacial score (nSPS) is 25.0. The van der Waals surface area contributed by atoms with Crippen LogP contribution in [0.2, 0.25) is 0 Å². The smallest absolute Gasteiger partial charge is 0.450 e. The van der Waals surface area contributed by atoms with Crippen molar-refractivity contribution in [2.45, 2.75) is 38.7 Å². The molecule has 5 nitrogen and oxygen atoms in total. The zero-order valence-electron chi connectivity index (χ0n) is 8.86. The van der Waals surface area contributed by atoms with Crippen molar-refractivity contribution in [1.29, 1.82) is 0 Å². The molecule has 86 valence electrons. The summed E-state index contributed by atoms with van der Waals surface area (Å²) in [5, 5.41) is 11.1. The molecule has 1 fully saturated rings. The van der Waals surface area contributed by atoms with Gasteiger partial charge in [0.25, 0.3) is 5.91 Å². The molecule has 1 rings (SSSR count). The van der Waals surface area contributed by atoms with Gasteiger partial charge in [-0.2, -0.15) is 0 Å². The molecule has 15 heavy (non-hydrogen) atoms. The number of ether oxygens (including phenoxy) is 1. The van der Waals surface area contributed by atoms with Crippen molar-refractivity contribution < 1.29 is 19.4 Å². The SMILES string of the molecule is CCCCCC1CNC(=O)C1OC(=O)O. The minimum atomic E-state index is -1.38. The Kier molecular flexibility index (Phi) is 4.39. The Bertz CT molecular complexity index is 242. The third-order valence-corrected chi connectivity index (χ3v) is 2.63. The number of nitrogens with one attached hydrogen (secondary N) is 1. The van der Waals surface area contributed by atoms with E-state index in [4.69, 9.17) is 5.11 Å². The molecule has 0 spiro atoms. The number of amides is 1. The van der Waals surface area contributed by atoms with E-state index in [1.165, 1.54) is 0 Å². The van der Waals surface area contributed by atoms with Crippen LogP contribution in [-0.2, 0) is 9.53 Å². The Morgan fingerprint density at radius 3 is 2.93 bits per heavy atom. The highest BCUT2D eigenvalue weighted by Gasteiger charge is 2.37. The summed E-state index contributed by atoms with van der Waals surface area (Å²) in [6, 6.07) is 0. The van der Waals surface area contributed by atoms with Gasteiger partial charge in [0.1, 0.15) is 0 Å². The van der Waals surface area contributed by atoms with Gasteiger partial charge in [0.2, 0.25) is 0 Å². The van der Waals surface area contributed by atoms with Crippen LogP contribution in [0.25, 0.3) is 0 Å². The Labute approximate surface area is 88.8 Å². The van der Waals surface area contributed by atoms with Crippen molar-refractivity contribution >= 4 is 12.1 Å². The fraction of sp³-hybridized carbons (Fsp3) is 0.800. The molecule has 1 amide bonds. The molecule has 0 aromatic rings. The minimum Gasteiger partial charge on any atom is -0.450 e. The van der Waals surface area contributed by atoms with E-state index < -0.39 is 12.3 Å². The van der Waals surface area contributed by atoms with Gasteiger partial charge in [0, 0.05) is 12.5 Å². The number of rotatable bonds is 5. The van der Waals surface area contributed by atoms with Gasteiger partial charge < -0.3 is 15.2 Å². The van der Waals surface area contributed by atoms with Gasteiger partial charge >= 0.3 is 6.16 Å². The third kappa shape index (κ3) is 3.42. The fourth-order valence-corrected chi connectivity index (χ4v) is 1.82. The molecule has 1 aliphatic heterocycles. The molecule has 0 radical (unpaired) electrons. The predicted molar refractivity (Wildman–Crippen MR) is 53.5 cm³/mol. The lowest BCUT2D eigenvalue weighted by atomic mass is 9.98. The molecule has 2 unspecified atom stereocenters. The van der Waals surface area contributed by atoms with Crippen LogP contribution in [0.1, 0.15) is 32.6 Å². The molecule has 0 aromatic carbocycles. The Morgan fingerprint density at radius 2 is 2.33 bits per heavy atom. The van der Waals surface area contributed by atoms with E-state index >= 15 is 0 Å². The molecule has 0 aliphatic carbocycles. The monoisotopic (exact) mass is 215 g/mol. The van der Waals surface area contributed by atoms with Crippen LogP contribution < -0.4 is 5.32 Å². The first-order valence-electron chi connectivity index (χ1n) is 5.32. The van der Waals surface area contributed by atoms with Crippen LogP contribution in [0.5, 0.6) is 0 Å². The lowest BCUT2D eigenvalue weighted by Gasteiger charge is -2.14. The average molecular weight is 215 g/mol. The van der Waals surface area contributed by atoms with Gasteiger partial charge in [-0.15, -0.1) is 0 Å². The number of carboxylic acid groups (broad SMARTS) is 1. The van der Waals surface area contributed by atoms with Gasteiger partial charge in [0.05, 0.1) is 0 Å². The van der Waals surface area contributed by atoms with Crippen LogP contribution in [-0.4, -0.2) is 29.8 Å². The molecule has 2 N–H and O–H groups in total. The van der Waals surface area contributed by atoms with E-state index in [9.17, 15) is 9.59 Å². The molecule has 1 heterocycles. The van der Waals surface area contributed by atoms with Crippen molar-refractivity contribution in [3.8, 4) is 0 Å². The zero-order chi connectivity index (χ0) is 11.3. The number of carbonyl (C=O) groups excluding carboxylic acids is 1. The Hall–Kier alpha value is -1.26. The second-order valence-electron chi connectivity index (χ2n) is 3.81. The molecular formula is C10H17NO4. The van der Waals surface area contributed by atoms with Crippen molar-refractivity contribution in [2.75, 3.05) is 6.54 Å². The van der Waals surface area contributed by atoms with E-state index in [-0.39, 0.29) is 11.8 Å². The molecular weight excluding hydrogens is 198 g/mol. The van der Waals surface area contributed by atoms with E-state index in [2.05, 4.69) is 17.0 Å². The van der Waals surface area contributed by atoms with Crippen LogP contribution in [0.4, 0.5) is 4.79 Å². The van der Waals surface area contributed by atoms with E-state index in [0.717, 1.165) is 25.7 Å². The summed E-state index contributed by atoms with van der Waals surface area (Å²) in [6.07, 6.45) is 1.88. The van der Waals surface area contributed by atoms with Crippen molar-refractivity contribution in [2.24, 2.45) is 5.92 Å². The summed E-state index contributed by atoms with van der Waals surface area (Å²) in [5.74, 6) is -0.306. The second-order valence-corrected chi connectivity index (χ2v) is 3.81. The van der Waals surface area contributed by atoms with Crippen LogP contribution >= 0.6 is 0 Å². The first-order valence-corrected chi connectivity index (χ1v) is 5.32. The third-order valence-electron chi connectivity index (χ3n) is 2.63. The van der Waals surface area contributed by atoms with E-state index in [1.807, 2.05) is 0 Å². The van der Waals surface area contributed by atoms with Crippen LogP contribution in [0, 0.1) is 5.92 Å². The first kappa shape index (κ1) is 11.8. The lowest BCUT2D eigenvalue weighted by molar-refractivity contribution is -0.128. The number of hydrogen-bond acceptors (Lipinski definition) is 3. The summed E-state index contributed by atoms with van der Waals surface area (Å²) < 4.78 is 4.57. The van der Waals surface area contributed by atoms with Crippen LogP contribution in [0.15, 0.2) is 0 Å². The summed E-state index contributed by atoms with van der Waals surface area (Å²) in [6.45, 7) is 2.63. The second kappa shape index (κ2) is 5.58. The number of carbonyl (C=O) groups is 2. The molecule has 0 bridgehead atoms. The molecule has 2 atom stereocenters. The Balaban J connectivity index is 2.41. The van der Waals surface area contributed by atoms with Crippen LogP contribution in [0.3, 0.4) is 0 Å². The van der Waals surface area contributed by atoms with Gasteiger partial charge in [0.15, 0.2) is 6.10 Å². The highest BCUT2D eigenvalue weighted by Crippen LogP contribution is 2.20. The van der Waals surface area contributed by atoms with Gasteiger partial charge in [-0.25, -0.2) is 4.79 Å². The average Bonchev–Trinajstić information content (AvgIpc) is 2.49. The standard InChI is InChI=1S/C10H17NO4/c1-2-3-4-5-7-6-11-9(12)8(7)15-10(13)14/h7-8H,2-6H2,1H3,(H,11,12)(H,13,14). The highest BCUT2D eigenvalue weighted by molar-refractivity contribution is 5.84.